The molecule has 130 valence electrons. The fourth-order valence-electron chi connectivity index (χ4n) is 3.50. The molecule has 0 spiro atoms. The summed E-state index contributed by atoms with van der Waals surface area (Å²) >= 11 is 0. The van der Waals surface area contributed by atoms with E-state index in [-0.39, 0.29) is 5.54 Å². The third kappa shape index (κ3) is 5.35. The maximum atomic E-state index is 9.45. The van der Waals surface area contributed by atoms with Gasteiger partial charge in [0.15, 0.2) is 0 Å². The minimum absolute atomic E-state index is 0.259. The molecule has 0 heterocycles. The van der Waals surface area contributed by atoms with Crippen molar-refractivity contribution in [2.45, 2.75) is 70.1 Å². The van der Waals surface area contributed by atoms with E-state index in [1.807, 2.05) is 14.1 Å². The van der Waals surface area contributed by atoms with E-state index in [0.29, 0.717) is 12.5 Å². The number of rotatable bonds is 7. The van der Waals surface area contributed by atoms with Gasteiger partial charge in [-0.2, -0.15) is 5.26 Å². The highest BCUT2D eigenvalue weighted by Gasteiger charge is 2.37. The van der Waals surface area contributed by atoms with E-state index >= 15 is 0 Å². The van der Waals surface area contributed by atoms with Crippen LogP contribution in [0.5, 0.6) is 0 Å². The van der Waals surface area contributed by atoms with Crippen molar-refractivity contribution in [2.24, 2.45) is 5.92 Å². The van der Waals surface area contributed by atoms with Gasteiger partial charge in [0.05, 0.1) is 12.7 Å². The van der Waals surface area contributed by atoms with E-state index in [2.05, 4.69) is 43.2 Å². The molecule has 0 bridgehead atoms. The fourth-order valence-corrected chi connectivity index (χ4v) is 5.97. The summed E-state index contributed by atoms with van der Waals surface area (Å²) in [6, 6.07) is 6.26. The van der Waals surface area contributed by atoms with Crippen LogP contribution >= 0.6 is 0 Å². The summed E-state index contributed by atoms with van der Waals surface area (Å²) < 4.78 is 5.82. The van der Waals surface area contributed by atoms with E-state index in [9.17, 15) is 5.26 Å². The minimum atomic E-state index is -1.33. The molecule has 0 N–H and O–H groups in total. The van der Waals surface area contributed by atoms with Crippen molar-refractivity contribution in [3.63, 3.8) is 0 Å². The van der Waals surface area contributed by atoms with Gasteiger partial charge in [-0.1, -0.05) is 26.7 Å². The molecule has 0 radical (unpaired) electrons. The van der Waals surface area contributed by atoms with Crippen LogP contribution in [0.4, 0.5) is 0 Å². The zero-order valence-corrected chi connectivity index (χ0v) is 16.7. The Hall–Kier alpha value is -0.813. The number of hydrogen-bond donors (Lipinski definition) is 0. The molecule has 0 aromatic rings. The maximum absolute atomic E-state index is 9.45. The summed E-state index contributed by atoms with van der Waals surface area (Å²) in [4.78, 5) is 2.08. The van der Waals surface area contributed by atoms with Gasteiger partial charge >= 0.3 is 0 Å². The van der Waals surface area contributed by atoms with E-state index in [0.717, 1.165) is 32.3 Å². The summed E-state index contributed by atoms with van der Waals surface area (Å²) in [5.74, 6) is 3.88. The fraction of sp³-hybridized carbons (Fsp3) is 0.842. The SMILES string of the molecule is CC[Si](C#CCOCC1CCC(C#N)(N(C)C)CC1)(CC)CC. The van der Waals surface area contributed by atoms with Crippen LogP contribution in [-0.4, -0.2) is 45.8 Å². The van der Waals surface area contributed by atoms with Gasteiger partial charge in [-0.05, 0) is 63.8 Å². The van der Waals surface area contributed by atoms with Crippen LogP contribution in [0.15, 0.2) is 0 Å². The molecule has 0 saturated heterocycles. The van der Waals surface area contributed by atoms with Crippen molar-refractivity contribution >= 4 is 8.07 Å². The largest absolute Gasteiger partial charge is 0.369 e. The van der Waals surface area contributed by atoms with Gasteiger partial charge in [0.25, 0.3) is 0 Å². The third-order valence-electron chi connectivity index (χ3n) is 5.91. The Kier molecular flexibility index (Phi) is 8.33. The number of ether oxygens (including phenoxy) is 1. The second kappa shape index (κ2) is 9.47. The Morgan fingerprint density at radius 1 is 1.13 bits per heavy atom. The topological polar surface area (TPSA) is 36.3 Å². The van der Waals surface area contributed by atoms with Crippen molar-refractivity contribution in [3.8, 4) is 17.5 Å². The van der Waals surface area contributed by atoms with Crippen molar-refractivity contribution < 1.29 is 4.74 Å². The molecule has 0 aromatic carbocycles. The number of nitriles is 1. The van der Waals surface area contributed by atoms with Crippen LogP contribution < -0.4 is 0 Å². The van der Waals surface area contributed by atoms with Gasteiger partial charge in [-0.3, -0.25) is 4.90 Å². The van der Waals surface area contributed by atoms with Crippen molar-refractivity contribution in [1.29, 1.82) is 5.26 Å². The summed E-state index contributed by atoms with van der Waals surface area (Å²) in [5, 5.41) is 9.45. The van der Waals surface area contributed by atoms with E-state index in [4.69, 9.17) is 4.74 Å². The first kappa shape index (κ1) is 20.2. The average molecular weight is 335 g/mol. The van der Waals surface area contributed by atoms with Crippen molar-refractivity contribution in [1.82, 2.24) is 4.90 Å². The van der Waals surface area contributed by atoms with E-state index in [1.54, 1.807) is 0 Å². The Balaban J connectivity index is 2.36. The highest BCUT2D eigenvalue weighted by atomic mass is 28.3. The quantitative estimate of drug-likeness (QED) is 0.400. The second-order valence-electron chi connectivity index (χ2n) is 7.14. The Labute approximate surface area is 144 Å². The lowest BCUT2D eigenvalue weighted by atomic mass is 9.77. The van der Waals surface area contributed by atoms with Crippen LogP contribution in [0.2, 0.25) is 18.1 Å². The van der Waals surface area contributed by atoms with Crippen LogP contribution in [0.1, 0.15) is 46.5 Å². The van der Waals surface area contributed by atoms with Crippen molar-refractivity contribution in [2.75, 3.05) is 27.3 Å². The molecule has 0 aromatic heterocycles. The van der Waals surface area contributed by atoms with E-state index < -0.39 is 8.07 Å². The lowest BCUT2D eigenvalue weighted by Crippen LogP contribution is -2.46. The molecular weight excluding hydrogens is 300 g/mol. The first-order valence-electron chi connectivity index (χ1n) is 9.14. The summed E-state index contributed by atoms with van der Waals surface area (Å²) in [5.41, 5.74) is 3.31. The first-order valence-corrected chi connectivity index (χ1v) is 11.8. The van der Waals surface area contributed by atoms with Crippen LogP contribution in [-0.2, 0) is 4.74 Å². The van der Waals surface area contributed by atoms with Gasteiger partial charge in [0, 0.05) is 0 Å². The summed E-state index contributed by atoms with van der Waals surface area (Å²) in [6.45, 7) is 8.21. The zero-order chi connectivity index (χ0) is 17.3. The van der Waals surface area contributed by atoms with Gasteiger partial charge < -0.3 is 4.74 Å². The maximum Gasteiger partial charge on any atom is 0.137 e. The summed E-state index contributed by atoms with van der Waals surface area (Å²) in [6.07, 6.45) is 4.06. The molecule has 0 atom stereocenters. The molecular formula is C19H34N2OSi. The molecule has 4 heteroatoms. The number of nitrogens with zero attached hydrogens (tertiary/aromatic N) is 2. The molecule has 1 aliphatic carbocycles. The Morgan fingerprint density at radius 2 is 1.70 bits per heavy atom. The predicted molar refractivity (Wildman–Crippen MR) is 99.8 cm³/mol. The lowest BCUT2D eigenvalue weighted by molar-refractivity contribution is 0.0708. The van der Waals surface area contributed by atoms with Gasteiger partial charge in [-0.15, -0.1) is 5.54 Å². The highest BCUT2D eigenvalue weighted by molar-refractivity contribution is 6.87. The van der Waals surface area contributed by atoms with Gasteiger partial charge in [-0.25, -0.2) is 0 Å². The molecule has 1 saturated carbocycles. The first-order chi connectivity index (χ1) is 11.0. The molecule has 0 unspecified atom stereocenters. The Morgan fingerprint density at radius 3 is 2.13 bits per heavy atom. The van der Waals surface area contributed by atoms with Crippen molar-refractivity contribution in [3.05, 3.63) is 0 Å². The molecule has 1 rings (SSSR count). The minimum Gasteiger partial charge on any atom is -0.369 e. The Bertz CT molecular complexity index is 438. The van der Waals surface area contributed by atoms with Crippen LogP contribution in [0.3, 0.4) is 0 Å². The van der Waals surface area contributed by atoms with E-state index in [1.165, 1.54) is 18.1 Å². The lowest BCUT2D eigenvalue weighted by Gasteiger charge is -2.39. The molecule has 0 aliphatic heterocycles. The zero-order valence-electron chi connectivity index (χ0n) is 15.7. The van der Waals surface area contributed by atoms with Gasteiger partial charge in [0.2, 0.25) is 0 Å². The smallest absolute Gasteiger partial charge is 0.137 e. The number of hydrogen-bond acceptors (Lipinski definition) is 3. The van der Waals surface area contributed by atoms with Crippen LogP contribution in [0.25, 0.3) is 0 Å². The molecule has 3 nitrogen and oxygen atoms in total. The molecule has 23 heavy (non-hydrogen) atoms. The standard InChI is InChI=1S/C19H34N2OSi/c1-6-23(7-2,8-3)15-9-14-22-16-18-10-12-19(17-20,13-11-18)21(4)5/h18H,6-8,10-14,16H2,1-5H3. The molecule has 1 aliphatic rings. The second-order valence-corrected chi connectivity index (χ2v) is 12.1. The molecule has 1 fully saturated rings. The van der Waals surface area contributed by atoms with Crippen LogP contribution in [0, 0.1) is 28.7 Å². The third-order valence-corrected chi connectivity index (χ3v) is 10.7. The monoisotopic (exact) mass is 334 g/mol. The van der Waals surface area contributed by atoms with Gasteiger partial charge in [0.1, 0.15) is 20.2 Å². The average Bonchev–Trinajstić information content (AvgIpc) is 2.59. The predicted octanol–water partition coefficient (Wildman–Crippen LogP) is 4.07. The normalized spacial score (nSPS) is 24.8. The highest BCUT2D eigenvalue weighted by Crippen LogP contribution is 2.35. The molecule has 0 amide bonds. The summed E-state index contributed by atoms with van der Waals surface area (Å²) in [7, 11) is 2.70.